The first-order valence-corrected chi connectivity index (χ1v) is 11.1. The van der Waals surface area contributed by atoms with Crippen LogP contribution in [0.1, 0.15) is 33.3 Å². The minimum absolute atomic E-state index is 0.281. The Labute approximate surface area is 164 Å². The third-order valence-corrected chi connectivity index (χ3v) is 6.62. The largest absolute Gasteiger partial charge is 0.462 e. The van der Waals surface area contributed by atoms with Gasteiger partial charge in [0, 0.05) is 15.9 Å². The second kappa shape index (κ2) is 8.24. The van der Waals surface area contributed by atoms with E-state index in [-0.39, 0.29) is 13.2 Å². The molecule has 0 amide bonds. The van der Waals surface area contributed by atoms with Crippen molar-refractivity contribution in [3.8, 4) is 11.5 Å². The quantitative estimate of drug-likeness (QED) is 0.452. The molecule has 0 bridgehead atoms. The van der Waals surface area contributed by atoms with Gasteiger partial charge in [0.2, 0.25) is 0 Å². The molecule has 0 unspecified atom stereocenters. The second-order valence-corrected chi connectivity index (χ2v) is 9.16. The molecule has 0 spiro atoms. The van der Waals surface area contributed by atoms with Gasteiger partial charge in [0.25, 0.3) is 0 Å². The van der Waals surface area contributed by atoms with Crippen LogP contribution in [0.2, 0.25) is 5.02 Å². The zero-order chi connectivity index (χ0) is 19.6. The van der Waals surface area contributed by atoms with Crippen LogP contribution in [0, 0.1) is 5.92 Å². The number of hydrogen-bond acceptors (Lipinski definition) is 4. The molecule has 0 saturated carbocycles. The van der Waals surface area contributed by atoms with Crippen molar-refractivity contribution >= 4 is 35.4 Å². The van der Waals surface area contributed by atoms with Gasteiger partial charge in [0.1, 0.15) is 5.30 Å². The standard InChI is InChI=1S/C20H25ClNO4P/c1-5-25-27(23,26-6-2)18-9-10-24-20(18)19-16(11-13(3)4)15-12-14(21)7-8-17(15)22-19/h7-10,12-13,22H,5-6,11H2,1-4H3. The molecule has 146 valence electrons. The molecule has 0 fully saturated rings. The Kier molecular flexibility index (Phi) is 6.17. The first kappa shape index (κ1) is 20.2. The van der Waals surface area contributed by atoms with Crippen molar-refractivity contribution in [2.45, 2.75) is 34.1 Å². The van der Waals surface area contributed by atoms with Crippen LogP contribution in [0.4, 0.5) is 0 Å². The monoisotopic (exact) mass is 409 g/mol. The van der Waals surface area contributed by atoms with Crippen molar-refractivity contribution < 1.29 is 18.0 Å². The van der Waals surface area contributed by atoms with E-state index in [1.165, 1.54) is 6.26 Å². The van der Waals surface area contributed by atoms with Crippen molar-refractivity contribution in [2.24, 2.45) is 5.92 Å². The van der Waals surface area contributed by atoms with Gasteiger partial charge in [-0.05, 0) is 56.0 Å². The van der Waals surface area contributed by atoms with Crippen LogP contribution in [0.15, 0.2) is 34.9 Å². The van der Waals surface area contributed by atoms with E-state index in [4.69, 9.17) is 25.1 Å². The summed E-state index contributed by atoms with van der Waals surface area (Å²) < 4.78 is 30.2. The minimum atomic E-state index is -3.47. The summed E-state index contributed by atoms with van der Waals surface area (Å²) in [7, 11) is -3.47. The average molecular weight is 410 g/mol. The van der Waals surface area contributed by atoms with Gasteiger partial charge in [-0.1, -0.05) is 25.4 Å². The minimum Gasteiger partial charge on any atom is -0.462 e. The first-order valence-electron chi connectivity index (χ1n) is 9.17. The SMILES string of the molecule is CCOP(=O)(OCC)c1ccoc1-c1[nH]c2ccc(Cl)cc2c1CC(C)C. The maximum atomic E-state index is 13.3. The molecule has 0 aliphatic rings. The van der Waals surface area contributed by atoms with Crippen molar-refractivity contribution in [3.05, 3.63) is 41.1 Å². The number of benzene rings is 1. The average Bonchev–Trinajstić information content (AvgIpc) is 3.20. The second-order valence-electron chi connectivity index (χ2n) is 6.73. The lowest BCUT2D eigenvalue weighted by molar-refractivity contribution is 0.230. The fourth-order valence-electron chi connectivity index (χ4n) is 3.26. The number of aromatic amines is 1. The molecule has 3 aromatic rings. The molecule has 0 atom stereocenters. The van der Waals surface area contributed by atoms with E-state index >= 15 is 0 Å². The van der Waals surface area contributed by atoms with E-state index in [1.54, 1.807) is 19.9 Å². The van der Waals surface area contributed by atoms with Gasteiger partial charge in [-0.25, -0.2) is 0 Å². The predicted octanol–water partition coefficient (Wildman–Crippen LogP) is 6.17. The van der Waals surface area contributed by atoms with Crippen LogP contribution in [0.3, 0.4) is 0 Å². The summed E-state index contributed by atoms with van der Waals surface area (Å²) in [6.07, 6.45) is 2.34. The van der Waals surface area contributed by atoms with Gasteiger partial charge in [-0.2, -0.15) is 0 Å². The highest BCUT2D eigenvalue weighted by Crippen LogP contribution is 2.50. The van der Waals surface area contributed by atoms with Crippen molar-refractivity contribution in [1.29, 1.82) is 0 Å². The molecule has 2 aromatic heterocycles. The Balaban J connectivity index is 2.22. The van der Waals surface area contributed by atoms with E-state index in [0.29, 0.717) is 22.0 Å². The fraction of sp³-hybridized carbons (Fsp3) is 0.400. The third kappa shape index (κ3) is 4.02. The molecule has 1 aromatic carbocycles. The van der Waals surface area contributed by atoms with E-state index in [1.807, 2.05) is 18.2 Å². The molecule has 0 aliphatic carbocycles. The number of fused-ring (bicyclic) bond motifs is 1. The van der Waals surface area contributed by atoms with Gasteiger partial charge in [-0.3, -0.25) is 4.57 Å². The van der Waals surface area contributed by atoms with Crippen molar-refractivity contribution in [3.63, 3.8) is 0 Å². The van der Waals surface area contributed by atoms with E-state index in [2.05, 4.69) is 18.8 Å². The number of nitrogens with one attached hydrogen (secondary N) is 1. The fourth-order valence-corrected chi connectivity index (χ4v) is 5.12. The van der Waals surface area contributed by atoms with Crippen LogP contribution in [0.5, 0.6) is 0 Å². The van der Waals surface area contributed by atoms with Gasteiger partial charge in [-0.15, -0.1) is 0 Å². The number of rotatable bonds is 8. The highest BCUT2D eigenvalue weighted by molar-refractivity contribution is 7.62. The smallest absolute Gasteiger partial charge is 0.365 e. The normalized spacial score (nSPS) is 12.4. The lowest BCUT2D eigenvalue weighted by Crippen LogP contribution is -2.12. The molecule has 0 aliphatic heterocycles. The summed E-state index contributed by atoms with van der Waals surface area (Å²) in [5.74, 6) is 0.911. The number of H-pyrrole nitrogens is 1. The number of aromatic nitrogens is 1. The molecule has 3 rings (SSSR count). The van der Waals surface area contributed by atoms with Gasteiger partial charge in [0.15, 0.2) is 5.76 Å². The topological polar surface area (TPSA) is 64.5 Å². The highest BCUT2D eigenvalue weighted by atomic mass is 35.5. The van der Waals surface area contributed by atoms with Gasteiger partial charge < -0.3 is 18.4 Å². The van der Waals surface area contributed by atoms with Gasteiger partial charge >= 0.3 is 7.60 Å². The summed E-state index contributed by atoms with van der Waals surface area (Å²) in [5.41, 5.74) is 2.83. The van der Waals surface area contributed by atoms with E-state index in [0.717, 1.165) is 28.6 Å². The maximum absolute atomic E-state index is 13.3. The molecule has 2 heterocycles. The Hall–Kier alpha value is -1.52. The first-order chi connectivity index (χ1) is 12.9. The zero-order valence-electron chi connectivity index (χ0n) is 16.0. The lowest BCUT2D eigenvalue weighted by Gasteiger charge is -2.17. The summed E-state index contributed by atoms with van der Waals surface area (Å²) in [6.45, 7) is 8.45. The molecule has 7 heteroatoms. The zero-order valence-corrected chi connectivity index (χ0v) is 17.7. The van der Waals surface area contributed by atoms with Crippen LogP contribution >= 0.6 is 19.2 Å². The lowest BCUT2D eigenvalue weighted by atomic mass is 9.99. The Morgan fingerprint density at radius 3 is 2.52 bits per heavy atom. The molecule has 1 N–H and O–H groups in total. The number of hydrogen-bond donors (Lipinski definition) is 1. The number of halogens is 1. The molecule has 0 radical (unpaired) electrons. The molecular weight excluding hydrogens is 385 g/mol. The van der Waals surface area contributed by atoms with Crippen molar-refractivity contribution in [2.75, 3.05) is 13.2 Å². The predicted molar refractivity (Wildman–Crippen MR) is 110 cm³/mol. The Morgan fingerprint density at radius 1 is 1.19 bits per heavy atom. The number of furan rings is 1. The maximum Gasteiger partial charge on any atom is 0.365 e. The molecule has 5 nitrogen and oxygen atoms in total. The summed E-state index contributed by atoms with van der Waals surface area (Å²) >= 11 is 6.23. The van der Waals surface area contributed by atoms with Crippen LogP contribution < -0.4 is 5.30 Å². The van der Waals surface area contributed by atoms with Crippen LogP contribution in [-0.2, 0) is 20.0 Å². The third-order valence-electron chi connectivity index (χ3n) is 4.25. The van der Waals surface area contributed by atoms with E-state index < -0.39 is 7.60 Å². The summed E-state index contributed by atoms with van der Waals surface area (Å²) in [5, 5.41) is 2.15. The van der Waals surface area contributed by atoms with Crippen LogP contribution in [-0.4, -0.2) is 18.2 Å². The van der Waals surface area contributed by atoms with Crippen LogP contribution in [0.25, 0.3) is 22.4 Å². The Bertz CT molecular complexity index is 966. The summed E-state index contributed by atoms with van der Waals surface area (Å²) in [4.78, 5) is 3.41. The molecular formula is C20H25ClNO4P. The highest BCUT2D eigenvalue weighted by Gasteiger charge is 2.34. The van der Waals surface area contributed by atoms with Crippen molar-refractivity contribution in [1.82, 2.24) is 4.98 Å². The summed E-state index contributed by atoms with van der Waals surface area (Å²) in [6, 6.07) is 7.40. The van der Waals surface area contributed by atoms with E-state index in [9.17, 15) is 4.57 Å². The van der Waals surface area contributed by atoms with Gasteiger partial charge in [0.05, 0.1) is 25.2 Å². The Morgan fingerprint density at radius 2 is 1.89 bits per heavy atom. The molecule has 0 saturated heterocycles. The molecule has 27 heavy (non-hydrogen) atoms.